The Bertz CT molecular complexity index is 762. The first-order chi connectivity index (χ1) is 26.1. The third-order valence-corrected chi connectivity index (χ3v) is 11.3. The highest BCUT2D eigenvalue weighted by molar-refractivity contribution is 5.77. The molecule has 0 aromatic carbocycles. The van der Waals surface area contributed by atoms with Crippen LogP contribution in [0.4, 0.5) is 0 Å². The molecule has 53 heavy (non-hydrogen) atoms. The lowest BCUT2D eigenvalue weighted by Crippen LogP contribution is -2.27. The summed E-state index contributed by atoms with van der Waals surface area (Å²) in [5.74, 6) is -1.34. The fourth-order valence-electron chi connectivity index (χ4n) is 7.61. The van der Waals surface area contributed by atoms with Gasteiger partial charge in [0.05, 0.1) is 0 Å². The third-order valence-electron chi connectivity index (χ3n) is 11.3. The maximum absolute atomic E-state index is 12.3. The molecule has 1 N–H and O–H groups in total. The van der Waals surface area contributed by atoms with Crippen molar-refractivity contribution in [2.45, 2.75) is 290 Å². The van der Waals surface area contributed by atoms with E-state index in [0.717, 1.165) is 38.5 Å². The van der Waals surface area contributed by atoms with Gasteiger partial charge in [-0.3, -0.25) is 4.79 Å². The van der Waals surface area contributed by atoms with Gasteiger partial charge in [0.15, 0.2) is 6.10 Å². The lowest BCUT2D eigenvalue weighted by Gasteiger charge is -2.13. The van der Waals surface area contributed by atoms with Crippen LogP contribution in [0.3, 0.4) is 0 Å². The summed E-state index contributed by atoms with van der Waals surface area (Å²) in [6, 6.07) is 0. The minimum atomic E-state index is -0.999. The first kappa shape index (κ1) is 51.7. The molecular weight excluding hydrogens is 653 g/mol. The van der Waals surface area contributed by atoms with Gasteiger partial charge in [0.2, 0.25) is 0 Å². The Morgan fingerprint density at radius 2 is 0.660 bits per heavy atom. The van der Waals surface area contributed by atoms with Crippen LogP contribution >= 0.6 is 0 Å². The molecule has 0 aromatic heterocycles. The number of carbonyl (C=O) groups excluding carboxylic acids is 1. The number of esters is 1. The number of carbonyl (C=O) groups is 2. The second-order valence-corrected chi connectivity index (χ2v) is 16.6. The van der Waals surface area contributed by atoms with E-state index in [-0.39, 0.29) is 5.97 Å². The zero-order valence-corrected chi connectivity index (χ0v) is 36.1. The van der Waals surface area contributed by atoms with Gasteiger partial charge in [0.25, 0.3) is 0 Å². The van der Waals surface area contributed by atoms with E-state index in [1.54, 1.807) is 0 Å². The number of aliphatic carboxylic acids is 1. The summed E-state index contributed by atoms with van der Waals surface area (Å²) in [7, 11) is 0. The first-order valence-corrected chi connectivity index (χ1v) is 24.2. The summed E-state index contributed by atoms with van der Waals surface area (Å²) in [5, 5.41) is 9.55. The SMILES string of the molecule is CCCCCCC=CCCCCCCCCCCCC(=O)OC(CCCCCCCCCCCCCCCCCCCCCCCCCCC)C(=O)O. The smallest absolute Gasteiger partial charge is 0.345 e. The van der Waals surface area contributed by atoms with Crippen LogP contribution in [0.1, 0.15) is 284 Å². The van der Waals surface area contributed by atoms with Crippen molar-refractivity contribution in [1.82, 2.24) is 0 Å². The fourth-order valence-corrected chi connectivity index (χ4v) is 7.61. The van der Waals surface area contributed by atoms with Crippen LogP contribution in [0.25, 0.3) is 0 Å². The van der Waals surface area contributed by atoms with Gasteiger partial charge in [-0.15, -0.1) is 0 Å². The summed E-state index contributed by atoms with van der Waals surface area (Å²) in [5.41, 5.74) is 0. The van der Waals surface area contributed by atoms with Crippen LogP contribution in [0.2, 0.25) is 0 Å². The molecule has 0 saturated carbocycles. The summed E-state index contributed by atoms with van der Waals surface area (Å²) in [6.45, 7) is 4.56. The lowest BCUT2D eigenvalue weighted by molar-refractivity contribution is -0.164. The number of hydrogen-bond donors (Lipinski definition) is 1. The van der Waals surface area contributed by atoms with Gasteiger partial charge >= 0.3 is 11.9 Å². The van der Waals surface area contributed by atoms with Crippen molar-refractivity contribution < 1.29 is 19.4 Å². The molecule has 0 radical (unpaired) electrons. The molecule has 4 heteroatoms. The van der Waals surface area contributed by atoms with Gasteiger partial charge in [-0.25, -0.2) is 4.79 Å². The average molecular weight is 747 g/mol. The Hall–Kier alpha value is -1.32. The number of ether oxygens (including phenoxy) is 1. The molecule has 0 aromatic rings. The molecule has 0 rings (SSSR count). The Balaban J connectivity index is 3.44. The molecule has 314 valence electrons. The van der Waals surface area contributed by atoms with Gasteiger partial charge in [0.1, 0.15) is 0 Å². The van der Waals surface area contributed by atoms with E-state index < -0.39 is 12.1 Å². The molecule has 0 fully saturated rings. The third kappa shape index (κ3) is 43.3. The molecule has 0 aliphatic heterocycles. The van der Waals surface area contributed by atoms with E-state index in [1.165, 1.54) is 218 Å². The van der Waals surface area contributed by atoms with E-state index in [1.807, 2.05) is 0 Å². The van der Waals surface area contributed by atoms with Crippen LogP contribution in [-0.2, 0) is 14.3 Å². The van der Waals surface area contributed by atoms with Crippen molar-refractivity contribution in [2.75, 3.05) is 0 Å². The number of carboxylic acid groups (broad SMARTS) is 1. The standard InChI is InChI=1S/C49H94O4/c1-3-5-7-9-11-13-15-17-19-21-22-23-24-25-26-27-28-30-31-33-35-37-39-41-43-45-47(49(51)52)53-48(50)46-44-42-40-38-36-34-32-29-20-18-16-14-12-10-8-6-4-2/h14,16,47H,3-13,15,17-46H2,1-2H3,(H,51,52). The van der Waals surface area contributed by atoms with Gasteiger partial charge in [-0.05, 0) is 44.9 Å². The first-order valence-electron chi connectivity index (χ1n) is 24.2. The average Bonchev–Trinajstić information content (AvgIpc) is 3.15. The second kappa shape index (κ2) is 45.1. The van der Waals surface area contributed by atoms with Crippen LogP contribution in [0, 0.1) is 0 Å². The fraction of sp³-hybridized carbons (Fsp3) is 0.918. The Morgan fingerprint density at radius 1 is 0.396 bits per heavy atom. The molecular formula is C49H94O4. The topological polar surface area (TPSA) is 63.6 Å². The van der Waals surface area contributed by atoms with Crippen molar-refractivity contribution in [3.8, 4) is 0 Å². The number of unbranched alkanes of at least 4 members (excludes halogenated alkanes) is 37. The monoisotopic (exact) mass is 747 g/mol. The van der Waals surface area contributed by atoms with Crippen LogP contribution in [0.15, 0.2) is 12.2 Å². The highest BCUT2D eigenvalue weighted by atomic mass is 16.6. The zero-order chi connectivity index (χ0) is 38.6. The van der Waals surface area contributed by atoms with E-state index in [2.05, 4.69) is 26.0 Å². The molecule has 4 nitrogen and oxygen atoms in total. The van der Waals surface area contributed by atoms with E-state index >= 15 is 0 Å². The predicted octanol–water partition coefficient (Wildman–Crippen LogP) is 17.0. The maximum Gasteiger partial charge on any atom is 0.345 e. The maximum atomic E-state index is 12.3. The zero-order valence-electron chi connectivity index (χ0n) is 36.1. The summed E-state index contributed by atoms with van der Waals surface area (Å²) in [6.07, 6.45) is 57.1. The van der Waals surface area contributed by atoms with Crippen LogP contribution in [-0.4, -0.2) is 23.1 Å². The lowest BCUT2D eigenvalue weighted by atomic mass is 10.0. The molecule has 1 unspecified atom stereocenters. The van der Waals surface area contributed by atoms with Crippen molar-refractivity contribution in [2.24, 2.45) is 0 Å². The predicted molar refractivity (Wildman–Crippen MR) is 232 cm³/mol. The van der Waals surface area contributed by atoms with E-state index in [4.69, 9.17) is 4.74 Å². The molecule has 0 spiro atoms. The van der Waals surface area contributed by atoms with Gasteiger partial charge in [0, 0.05) is 6.42 Å². The molecule has 0 aliphatic rings. The quantitative estimate of drug-likeness (QED) is 0.0383. The van der Waals surface area contributed by atoms with E-state index in [0.29, 0.717) is 12.8 Å². The van der Waals surface area contributed by atoms with Crippen LogP contribution < -0.4 is 0 Å². The molecule has 0 saturated heterocycles. The van der Waals surface area contributed by atoms with Gasteiger partial charge in [-0.1, -0.05) is 244 Å². The molecule has 0 aliphatic carbocycles. The minimum Gasteiger partial charge on any atom is -0.479 e. The van der Waals surface area contributed by atoms with Crippen molar-refractivity contribution >= 4 is 11.9 Å². The second-order valence-electron chi connectivity index (χ2n) is 16.6. The van der Waals surface area contributed by atoms with Crippen molar-refractivity contribution in [3.63, 3.8) is 0 Å². The number of rotatable bonds is 45. The van der Waals surface area contributed by atoms with Gasteiger partial charge in [-0.2, -0.15) is 0 Å². The number of hydrogen-bond acceptors (Lipinski definition) is 3. The molecule has 0 heterocycles. The van der Waals surface area contributed by atoms with Crippen molar-refractivity contribution in [1.29, 1.82) is 0 Å². The number of carboxylic acids is 1. The molecule has 1 atom stereocenters. The largest absolute Gasteiger partial charge is 0.479 e. The Morgan fingerprint density at radius 3 is 0.981 bits per heavy atom. The summed E-state index contributed by atoms with van der Waals surface area (Å²) < 4.78 is 5.35. The summed E-state index contributed by atoms with van der Waals surface area (Å²) >= 11 is 0. The van der Waals surface area contributed by atoms with Crippen LogP contribution in [0.5, 0.6) is 0 Å². The highest BCUT2D eigenvalue weighted by Crippen LogP contribution is 2.18. The Labute approximate surface area is 332 Å². The van der Waals surface area contributed by atoms with Crippen molar-refractivity contribution in [3.05, 3.63) is 12.2 Å². The normalized spacial score (nSPS) is 12.2. The minimum absolute atomic E-state index is 0.341. The Kier molecular flexibility index (Phi) is 43.9. The number of allylic oxidation sites excluding steroid dienone is 2. The highest BCUT2D eigenvalue weighted by Gasteiger charge is 2.21. The molecule has 0 bridgehead atoms. The van der Waals surface area contributed by atoms with E-state index in [9.17, 15) is 14.7 Å². The molecule has 0 amide bonds. The van der Waals surface area contributed by atoms with Gasteiger partial charge < -0.3 is 9.84 Å². The summed E-state index contributed by atoms with van der Waals surface area (Å²) in [4.78, 5) is 23.9.